The summed E-state index contributed by atoms with van der Waals surface area (Å²) in [4.78, 5) is 3.67. The van der Waals surface area contributed by atoms with Gasteiger partial charge in [0.25, 0.3) is 0 Å². The van der Waals surface area contributed by atoms with Gasteiger partial charge in [-0.1, -0.05) is 11.6 Å². The number of nitrogens with zero attached hydrogens (tertiary/aromatic N) is 1. The summed E-state index contributed by atoms with van der Waals surface area (Å²) in [5, 5.41) is 2.71. The second-order valence-corrected chi connectivity index (χ2v) is 4.21. The molecule has 3 N–H and O–H groups in total. The van der Waals surface area contributed by atoms with Gasteiger partial charge in [0.1, 0.15) is 5.82 Å². The number of hydrogen-bond donors (Lipinski definition) is 2. The van der Waals surface area contributed by atoms with Gasteiger partial charge in [0.15, 0.2) is 0 Å². The number of rotatable bonds is 2. The molecule has 0 atom stereocenters. The Labute approximate surface area is 112 Å². The highest BCUT2D eigenvalue weighted by atomic mass is 35.5. The number of pyridine rings is 1. The minimum Gasteiger partial charge on any atom is -0.399 e. The van der Waals surface area contributed by atoms with Crippen molar-refractivity contribution in [1.82, 2.24) is 4.98 Å². The first kappa shape index (κ1) is 13.5. The van der Waals surface area contributed by atoms with Gasteiger partial charge in [0, 0.05) is 17.6 Å². The van der Waals surface area contributed by atoms with Crippen LogP contribution in [-0.4, -0.2) is 4.98 Å². The van der Waals surface area contributed by atoms with Gasteiger partial charge in [-0.05, 0) is 30.3 Å². The van der Waals surface area contributed by atoms with Crippen LogP contribution in [0.2, 0.25) is 5.02 Å². The van der Waals surface area contributed by atoms with Crippen LogP contribution >= 0.6 is 11.6 Å². The molecule has 0 spiro atoms. The number of benzene rings is 1. The van der Waals surface area contributed by atoms with E-state index in [1.165, 1.54) is 0 Å². The Balaban J connectivity index is 2.24. The maximum absolute atomic E-state index is 12.4. The van der Waals surface area contributed by atoms with E-state index in [1.54, 1.807) is 24.3 Å². The van der Waals surface area contributed by atoms with Crippen LogP contribution in [0.4, 0.5) is 30.4 Å². The van der Waals surface area contributed by atoms with Crippen molar-refractivity contribution in [3.8, 4) is 0 Å². The Bertz CT molecular complexity index is 582. The Hall–Kier alpha value is -1.95. The minimum atomic E-state index is -4.46. The van der Waals surface area contributed by atoms with Crippen molar-refractivity contribution in [3.63, 3.8) is 0 Å². The molecule has 0 aliphatic rings. The van der Waals surface area contributed by atoms with E-state index in [-0.39, 0.29) is 10.8 Å². The summed E-state index contributed by atoms with van der Waals surface area (Å²) in [6.45, 7) is 0. The van der Waals surface area contributed by atoms with Crippen LogP contribution in [0.5, 0.6) is 0 Å². The van der Waals surface area contributed by atoms with Crippen LogP contribution in [0, 0.1) is 0 Å². The molecule has 0 aliphatic heterocycles. The van der Waals surface area contributed by atoms with Crippen LogP contribution in [0.15, 0.2) is 36.5 Å². The number of alkyl halides is 3. The standard InChI is InChI=1S/C12H9ClF3N3/c13-10-5-7(12(14,15)16)6-18-11(10)19-9-3-1-8(17)2-4-9/h1-6H,17H2,(H,18,19). The van der Waals surface area contributed by atoms with E-state index < -0.39 is 11.7 Å². The van der Waals surface area contributed by atoms with Gasteiger partial charge in [-0.25, -0.2) is 4.98 Å². The molecule has 2 rings (SSSR count). The fraction of sp³-hybridized carbons (Fsp3) is 0.0833. The third-order valence-electron chi connectivity index (χ3n) is 2.34. The van der Waals surface area contributed by atoms with Gasteiger partial charge in [0.2, 0.25) is 0 Å². The topological polar surface area (TPSA) is 50.9 Å². The van der Waals surface area contributed by atoms with E-state index in [0.717, 1.165) is 12.3 Å². The third kappa shape index (κ3) is 3.29. The quantitative estimate of drug-likeness (QED) is 0.818. The average Bonchev–Trinajstić information content (AvgIpc) is 2.33. The summed E-state index contributed by atoms with van der Waals surface area (Å²) < 4.78 is 37.3. The Morgan fingerprint density at radius 3 is 2.32 bits per heavy atom. The molecule has 2 aromatic rings. The van der Waals surface area contributed by atoms with E-state index in [9.17, 15) is 13.2 Å². The van der Waals surface area contributed by atoms with Gasteiger partial charge in [-0.2, -0.15) is 13.2 Å². The molecule has 0 fully saturated rings. The maximum atomic E-state index is 12.4. The minimum absolute atomic E-state index is 0.105. The molecular weight excluding hydrogens is 279 g/mol. The molecule has 3 nitrogen and oxygen atoms in total. The highest BCUT2D eigenvalue weighted by molar-refractivity contribution is 6.33. The van der Waals surface area contributed by atoms with Crippen LogP contribution in [0.25, 0.3) is 0 Å². The SMILES string of the molecule is Nc1ccc(Nc2ncc(C(F)(F)F)cc2Cl)cc1. The van der Waals surface area contributed by atoms with Crippen LogP contribution in [0.1, 0.15) is 5.56 Å². The van der Waals surface area contributed by atoms with Gasteiger partial charge >= 0.3 is 6.18 Å². The summed E-state index contributed by atoms with van der Waals surface area (Å²) in [7, 11) is 0. The van der Waals surface area contributed by atoms with E-state index in [1.807, 2.05) is 0 Å². The summed E-state index contributed by atoms with van der Waals surface area (Å²) in [5.41, 5.74) is 5.84. The van der Waals surface area contributed by atoms with Crippen LogP contribution in [0.3, 0.4) is 0 Å². The van der Waals surface area contributed by atoms with E-state index in [4.69, 9.17) is 17.3 Å². The van der Waals surface area contributed by atoms with Gasteiger partial charge < -0.3 is 11.1 Å². The van der Waals surface area contributed by atoms with Crippen molar-refractivity contribution >= 4 is 28.8 Å². The molecule has 0 amide bonds. The van der Waals surface area contributed by atoms with E-state index >= 15 is 0 Å². The zero-order valence-electron chi connectivity index (χ0n) is 9.50. The van der Waals surface area contributed by atoms with Gasteiger partial charge in [-0.15, -0.1) is 0 Å². The molecule has 0 bridgehead atoms. The summed E-state index contributed by atoms with van der Waals surface area (Å²) in [6, 6.07) is 7.48. The predicted molar refractivity (Wildman–Crippen MR) is 68.4 cm³/mol. The monoisotopic (exact) mass is 287 g/mol. The van der Waals surface area contributed by atoms with Crippen molar-refractivity contribution in [1.29, 1.82) is 0 Å². The fourth-order valence-corrected chi connectivity index (χ4v) is 1.60. The van der Waals surface area contributed by atoms with Crippen LogP contribution < -0.4 is 11.1 Å². The van der Waals surface area contributed by atoms with Crippen molar-refractivity contribution in [2.24, 2.45) is 0 Å². The smallest absolute Gasteiger partial charge is 0.399 e. The molecule has 1 aromatic carbocycles. The first-order valence-electron chi connectivity index (χ1n) is 5.21. The number of anilines is 3. The predicted octanol–water partition coefficient (Wildman–Crippen LogP) is 4.08. The first-order valence-corrected chi connectivity index (χ1v) is 5.59. The second kappa shape index (κ2) is 4.97. The largest absolute Gasteiger partial charge is 0.417 e. The third-order valence-corrected chi connectivity index (χ3v) is 2.63. The molecule has 19 heavy (non-hydrogen) atoms. The van der Waals surface area contributed by atoms with E-state index in [2.05, 4.69) is 10.3 Å². The molecule has 0 aliphatic carbocycles. The Morgan fingerprint density at radius 2 is 1.79 bits per heavy atom. The maximum Gasteiger partial charge on any atom is 0.417 e. The van der Waals surface area contributed by atoms with Gasteiger partial charge in [0.05, 0.1) is 10.6 Å². The highest BCUT2D eigenvalue weighted by Crippen LogP contribution is 2.33. The number of halogens is 4. The normalized spacial score (nSPS) is 11.4. The number of hydrogen-bond acceptors (Lipinski definition) is 3. The van der Waals surface area contributed by atoms with Crippen molar-refractivity contribution in [2.75, 3.05) is 11.1 Å². The lowest BCUT2D eigenvalue weighted by atomic mass is 10.2. The fourth-order valence-electron chi connectivity index (χ4n) is 1.39. The summed E-state index contributed by atoms with van der Waals surface area (Å²) >= 11 is 5.77. The van der Waals surface area contributed by atoms with Crippen molar-refractivity contribution in [3.05, 3.63) is 47.1 Å². The summed E-state index contributed by atoms with van der Waals surface area (Å²) in [6.07, 6.45) is -3.73. The Kier molecular flexibility index (Phi) is 3.53. The van der Waals surface area contributed by atoms with Crippen molar-refractivity contribution < 1.29 is 13.2 Å². The molecule has 100 valence electrons. The molecule has 0 radical (unpaired) electrons. The zero-order valence-corrected chi connectivity index (χ0v) is 10.3. The average molecular weight is 288 g/mol. The van der Waals surface area contributed by atoms with Crippen molar-refractivity contribution in [2.45, 2.75) is 6.18 Å². The molecule has 0 unspecified atom stereocenters. The second-order valence-electron chi connectivity index (χ2n) is 3.80. The lowest BCUT2D eigenvalue weighted by molar-refractivity contribution is -0.137. The zero-order chi connectivity index (χ0) is 14.0. The summed E-state index contributed by atoms with van der Waals surface area (Å²) in [5.74, 6) is 0.152. The Morgan fingerprint density at radius 1 is 1.16 bits per heavy atom. The molecule has 0 saturated carbocycles. The number of aromatic nitrogens is 1. The van der Waals surface area contributed by atoms with Crippen LogP contribution in [-0.2, 0) is 6.18 Å². The molecule has 1 aromatic heterocycles. The molecular formula is C12H9ClF3N3. The first-order chi connectivity index (χ1) is 8.86. The highest BCUT2D eigenvalue weighted by Gasteiger charge is 2.31. The number of nitrogen functional groups attached to an aromatic ring is 1. The number of nitrogens with two attached hydrogens (primary N) is 1. The molecule has 1 heterocycles. The van der Waals surface area contributed by atoms with E-state index in [0.29, 0.717) is 11.4 Å². The lowest BCUT2D eigenvalue weighted by Gasteiger charge is -2.10. The molecule has 7 heteroatoms. The number of nitrogens with one attached hydrogen (secondary N) is 1. The lowest BCUT2D eigenvalue weighted by Crippen LogP contribution is -2.06. The molecule has 0 saturated heterocycles. The van der Waals surface area contributed by atoms with Gasteiger partial charge in [-0.3, -0.25) is 0 Å².